The fourth-order valence-electron chi connectivity index (χ4n) is 1.79. The van der Waals surface area contributed by atoms with Crippen LogP contribution in [0.25, 0.3) is 0 Å². The largest absolute Gasteiger partial charge is 0.418 e. The fraction of sp³-hybridized carbons (Fsp3) is 0.250. The summed E-state index contributed by atoms with van der Waals surface area (Å²) in [6, 6.07) is 0.0804. The maximum atomic E-state index is 12.8. The second kappa shape index (κ2) is 5.25. The van der Waals surface area contributed by atoms with Gasteiger partial charge >= 0.3 is 12.4 Å². The Hall–Kier alpha value is -2.59. The molecule has 0 saturated heterocycles. The fourth-order valence-corrected chi connectivity index (χ4v) is 1.79. The molecule has 0 aromatic carbocycles. The molecule has 1 aliphatic rings. The summed E-state index contributed by atoms with van der Waals surface area (Å²) < 4.78 is 76.1. The van der Waals surface area contributed by atoms with Crippen LogP contribution in [0.2, 0.25) is 0 Å². The predicted molar refractivity (Wildman–Crippen MR) is 63.5 cm³/mol. The summed E-state index contributed by atoms with van der Waals surface area (Å²) in [5.74, 6) is -2.44. The number of alkyl halides is 6. The van der Waals surface area contributed by atoms with Crippen molar-refractivity contribution in [2.75, 3.05) is 5.43 Å². The third kappa shape index (κ3) is 3.27. The SMILES string of the molecule is CC1=CC(=O)N(Nc2cc(C(F)(F)F)c(C(F)(F)F)cn2)C1=O. The molecule has 0 bridgehead atoms. The molecular weight excluding hydrogens is 332 g/mol. The first-order chi connectivity index (χ1) is 10.4. The summed E-state index contributed by atoms with van der Waals surface area (Å²) in [6.07, 6.45) is -9.65. The first kappa shape index (κ1) is 16.8. The van der Waals surface area contributed by atoms with Crippen molar-refractivity contribution in [1.29, 1.82) is 0 Å². The van der Waals surface area contributed by atoms with E-state index in [1.165, 1.54) is 6.92 Å². The van der Waals surface area contributed by atoms with E-state index in [2.05, 4.69) is 4.98 Å². The number of amides is 2. The number of nitrogens with one attached hydrogen (secondary N) is 1. The highest BCUT2D eigenvalue weighted by Gasteiger charge is 2.44. The second-order valence-corrected chi connectivity index (χ2v) is 4.53. The van der Waals surface area contributed by atoms with E-state index in [0.29, 0.717) is 5.01 Å². The van der Waals surface area contributed by atoms with Crippen LogP contribution in [-0.2, 0) is 21.9 Å². The lowest BCUT2D eigenvalue weighted by molar-refractivity contribution is -0.162. The highest BCUT2D eigenvalue weighted by molar-refractivity contribution is 6.16. The van der Waals surface area contributed by atoms with Gasteiger partial charge in [-0.1, -0.05) is 0 Å². The van der Waals surface area contributed by atoms with Crippen LogP contribution in [0.3, 0.4) is 0 Å². The van der Waals surface area contributed by atoms with Crippen LogP contribution in [0.1, 0.15) is 18.1 Å². The Morgan fingerprint density at radius 2 is 1.61 bits per heavy atom. The Balaban J connectivity index is 2.40. The standard InChI is InChI=1S/C12H7F6N3O2/c1-5-2-9(22)21(10(5)23)20-8-3-6(11(13,14)15)7(4-19-8)12(16,17)18/h2-4H,1H3,(H,19,20). The quantitative estimate of drug-likeness (QED) is 0.665. The van der Waals surface area contributed by atoms with Gasteiger partial charge in [0.2, 0.25) is 0 Å². The Labute approximate surface area is 124 Å². The lowest BCUT2D eigenvalue weighted by atomic mass is 10.1. The van der Waals surface area contributed by atoms with Crippen molar-refractivity contribution in [3.63, 3.8) is 0 Å². The van der Waals surface area contributed by atoms with Gasteiger partial charge in [0, 0.05) is 17.8 Å². The van der Waals surface area contributed by atoms with Crippen LogP contribution < -0.4 is 5.43 Å². The van der Waals surface area contributed by atoms with Gasteiger partial charge in [-0.15, -0.1) is 0 Å². The minimum atomic E-state index is -5.29. The number of halogens is 6. The topological polar surface area (TPSA) is 62.3 Å². The second-order valence-electron chi connectivity index (χ2n) is 4.53. The van der Waals surface area contributed by atoms with Gasteiger partial charge in [0.25, 0.3) is 11.8 Å². The first-order valence-corrected chi connectivity index (χ1v) is 5.89. The van der Waals surface area contributed by atoms with Gasteiger partial charge in [-0.2, -0.15) is 31.4 Å². The molecule has 2 rings (SSSR count). The van der Waals surface area contributed by atoms with E-state index >= 15 is 0 Å². The summed E-state index contributed by atoms with van der Waals surface area (Å²) in [4.78, 5) is 26.2. The van der Waals surface area contributed by atoms with E-state index in [4.69, 9.17) is 0 Å². The molecule has 11 heteroatoms. The minimum absolute atomic E-state index is 0.0174. The van der Waals surface area contributed by atoms with Crippen LogP contribution in [0.5, 0.6) is 0 Å². The number of rotatable bonds is 2. The third-order valence-corrected chi connectivity index (χ3v) is 2.84. The number of carbonyl (C=O) groups is 2. The van der Waals surface area contributed by atoms with Gasteiger partial charge in [-0.3, -0.25) is 15.0 Å². The van der Waals surface area contributed by atoms with Crippen molar-refractivity contribution < 1.29 is 35.9 Å². The molecular formula is C12H7F6N3O2. The molecule has 1 aliphatic heterocycles. The average Bonchev–Trinajstić information content (AvgIpc) is 2.63. The van der Waals surface area contributed by atoms with Crippen LogP contribution >= 0.6 is 0 Å². The summed E-state index contributed by atoms with van der Waals surface area (Å²) >= 11 is 0. The van der Waals surface area contributed by atoms with Gasteiger partial charge < -0.3 is 0 Å². The van der Waals surface area contributed by atoms with Crippen molar-refractivity contribution in [2.45, 2.75) is 19.3 Å². The summed E-state index contributed by atoms with van der Waals surface area (Å²) in [7, 11) is 0. The smallest absolute Gasteiger partial charge is 0.271 e. The number of pyridine rings is 1. The zero-order valence-corrected chi connectivity index (χ0v) is 11.2. The number of hydrogen-bond acceptors (Lipinski definition) is 4. The number of nitrogens with zero attached hydrogens (tertiary/aromatic N) is 2. The summed E-state index contributed by atoms with van der Waals surface area (Å²) in [5, 5.41) is 0.352. The van der Waals surface area contributed by atoms with Crippen LogP contribution in [0.4, 0.5) is 32.2 Å². The van der Waals surface area contributed by atoms with Gasteiger partial charge in [-0.05, 0) is 13.0 Å². The van der Waals surface area contributed by atoms with E-state index in [9.17, 15) is 35.9 Å². The number of hydrazine groups is 1. The van der Waals surface area contributed by atoms with Crippen molar-refractivity contribution >= 4 is 17.6 Å². The minimum Gasteiger partial charge on any atom is -0.271 e. The van der Waals surface area contributed by atoms with Crippen molar-refractivity contribution in [1.82, 2.24) is 9.99 Å². The van der Waals surface area contributed by atoms with Gasteiger partial charge in [0.1, 0.15) is 5.82 Å². The molecule has 1 aromatic heterocycles. The third-order valence-electron chi connectivity index (χ3n) is 2.84. The lowest BCUT2D eigenvalue weighted by Crippen LogP contribution is -2.36. The average molecular weight is 339 g/mol. The van der Waals surface area contributed by atoms with E-state index in [-0.39, 0.29) is 17.8 Å². The number of carbonyl (C=O) groups excluding carboxylic acids is 2. The number of hydrogen-bond donors (Lipinski definition) is 1. The zero-order chi connectivity index (χ0) is 17.6. The molecule has 0 fully saturated rings. The monoisotopic (exact) mass is 339 g/mol. The Kier molecular flexibility index (Phi) is 3.83. The molecule has 124 valence electrons. The zero-order valence-electron chi connectivity index (χ0n) is 11.2. The van der Waals surface area contributed by atoms with Gasteiger partial charge in [0.05, 0.1) is 11.1 Å². The molecule has 0 aliphatic carbocycles. The molecule has 0 spiro atoms. The molecule has 5 nitrogen and oxygen atoms in total. The Morgan fingerprint density at radius 3 is 2.04 bits per heavy atom. The molecule has 0 radical (unpaired) electrons. The van der Waals surface area contributed by atoms with Gasteiger partial charge in [-0.25, -0.2) is 4.98 Å². The molecule has 2 heterocycles. The van der Waals surface area contributed by atoms with Crippen LogP contribution in [-0.4, -0.2) is 21.8 Å². The maximum absolute atomic E-state index is 12.8. The van der Waals surface area contributed by atoms with E-state index < -0.39 is 41.1 Å². The molecule has 0 saturated carbocycles. The molecule has 1 N–H and O–H groups in total. The van der Waals surface area contributed by atoms with Gasteiger partial charge in [0.15, 0.2) is 0 Å². The van der Waals surface area contributed by atoms with E-state index in [1.54, 1.807) is 0 Å². The van der Waals surface area contributed by atoms with Crippen molar-refractivity contribution in [3.05, 3.63) is 35.0 Å². The number of aromatic nitrogens is 1. The van der Waals surface area contributed by atoms with E-state index in [0.717, 1.165) is 6.08 Å². The highest BCUT2D eigenvalue weighted by Crippen LogP contribution is 2.40. The molecule has 1 aromatic rings. The summed E-state index contributed by atoms with van der Waals surface area (Å²) in [5.41, 5.74) is -1.96. The molecule has 23 heavy (non-hydrogen) atoms. The predicted octanol–water partition coefficient (Wildman–Crippen LogP) is 2.76. The van der Waals surface area contributed by atoms with Crippen LogP contribution in [0, 0.1) is 0 Å². The molecule has 2 amide bonds. The molecule has 0 atom stereocenters. The molecule has 0 unspecified atom stereocenters. The Morgan fingerprint density at radius 1 is 1.04 bits per heavy atom. The van der Waals surface area contributed by atoms with Crippen molar-refractivity contribution in [2.24, 2.45) is 0 Å². The van der Waals surface area contributed by atoms with Crippen LogP contribution in [0.15, 0.2) is 23.9 Å². The number of imide groups is 1. The first-order valence-electron chi connectivity index (χ1n) is 5.89. The summed E-state index contributed by atoms with van der Waals surface area (Å²) in [6.45, 7) is 1.29. The van der Waals surface area contributed by atoms with Crippen molar-refractivity contribution in [3.8, 4) is 0 Å². The van der Waals surface area contributed by atoms with E-state index in [1.807, 2.05) is 5.43 Å². The number of anilines is 1. The Bertz CT molecular complexity index is 708. The normalized spacial score (nSPS) is 16.0. The maximum Gasteiger partial charge on any atom is 0.418 e. The lowest BCUT2D eigenvalue weighted by Gasteiger charge is -2.19. The highest BCUT2D eigenvalue weighted by atomic mass is 19.4.